The molecule has 3 N–H and O–H groups in total. The van der Waals surface area contributed by atoms with E-state index in [1.54, 1.807) is 0 Å². The van der Waals surface area contributed by atoms with Crippen molar-refractivity contribution in [2.45, 2.75) is 12.8 Å². The molecule has 2 fully saturated rings. The van der Waals surface area contributed by atoms with Gasteiger partial charge in [0.25, 0.3) is 0 Å². The number of nitrogens with two attached hydrogens (primary N) is 1. The van der Waals surface area contributed by atoms with Crippen LogP contribution in [0.15, 0.2) is 6.07 Å². The van der Waals surface area contributed by atoms with Crippen LogP contribution in [-0.2, 0) is 0 Å². The van der Waals surface area contributed by atoms with Crippen molar-refractivity contribution in [2.24, 2.45) is 0 Å². The van der Waals surface area contributed by atoms with Crippen molar-refractivity contribution in [3.63, 3.8) is 0 Å². The molecule has 2 aliphatic rings. The molecule has 0 aliphatic carbocycles. The molecule has 0 aromatic carbocycles. The molecule has 0 saturated carbocycles. The molecule has 0 amide bonds. The van der Waals surface area contributed by atoms with Crippen molar-refractivity contribution in [3.8, 4) is 0 Å². The molecule has 6 heteroatoms. The van der Waals surface area contributed by atoms with Gasteiger partial charge in [-0.25, -0.2) is 0 Å². The second-order valence-corrected chi connectivity index (χ2v) is 4.87. The number of hydrogen-bond donors (Lipinski definition) is 2. The van der Waals surface area contributed by atoms with Gasteiger partial charge in [-0.3, -0.25) is 0 Å². The molecule has 2 aliphatic heterocycles. The number of aromatic nitrogens is 2. The Balaban J connectivity index is 1.84. The maximum Gasteiger partial charge on any atom is 0.223 e. The fourth-order valence-corrected chi connectivity index (χ4v) is 2.60. The van der Waals surface area contributed by atoms with Crippen molar-refractivity contribution in [1.82, 2.24) is 15.3 Å². The highest BCUT2D eigenvalue weighted by Crippen LogP contribution is 2.23. The number of piperazine rings is 1. The largest absolute Gasteiger partial charge is 0.368 e. The van der Waals surface area contributed by atoms with E-state index in [-0.39, 0.29) is 0 Å². The number of hydrogen-bond acceptors (Lipinski definition) is 6. The van der Waals surface area contributed by atoms with Gasteiger partial charge in [0.15, 0.2) is 0 Å². The third-order valence-corrected chi connectivity index (χ3v) is 3.59. The lowest BCUT2D eigenvalue weighted by atomic mass is 10.3. The molecule has 6 nitrogen and oxygen atoms in total. The lowest BCUT2D eigenvalue weighted by Crippen LogP contribution is -2.44. The summed E-state index contributed by atoms with van der Waals surface area (Å²) in [6, 6.07) is 2.08. The highest BCUT2D eigenvalue weighted by Gasteiger charge is 2.18. The van der Waals surface area contributed by atoms with Gasteiger partial charge in [-0.2, -0.15) is 9.97 Å². The average Bonchev–Trinajstić information content (AvgIpc) is 2.93. The molecular weight excluding hydrogens is 228 g/mol. The number of nitrogens with one attached hydrogen (secondary N) is 1. The van der Waals surface area contributed by atoms with Crippen LogP contribution in [0.25, 0.3) is 0 Å². The fraction of sp³-hybridized carbons (Fsp3) is 0.667. The molecular formula is C12H20N6. The molecule has 1 aromatic heterocycles. The summed E-state index contributed by atoms with van der Waals surface area (Å²) < 4.78 is 0. The quantitative estimate of drug-likeness (QED) is 0.772. The Morgan fingerprint density at radius 1 is 0.944 bits per heavy atom. The zero-order valence-electron chi connectivity index (χ0n) is 10.6. The van der Waals surface area contributed by atoms with Crippen LogP contribution < -0.4 is 20.9 Å². The molecule has 0 spiro atoms. The molecule has 0 atom stereocenters. The maximum absolute atomic E-state index is 5.84. The van der Waals surface area contributed by atoms with E-state index in [0.29, 0.717) is 5.95 Å². The Kier molecular flexibility index (Phi) is 3.19. The third-order valence-electron chi connectivity index (χ3n) is 3.59. The van der Waals surface area contributed by atoms with E-state index in [2.05, 4.69) is 31.2 Å². The van der Waals surface area contributed by atoms with Gasteiger partial charge in [0.05, 0.1) is 0 Å². The van der Waals surface area contributed by atoms with Crippen molar-refractivity contribution in [2.75, 3.05) is 54.8 Å². The summed E-state index contributed by atoms with van der Waals surface area (Å²) in [5.41, 5.74) is 5.84. The summed E-state index contributed by atoms with van der Waals surface area (Å²) in [7, 11) is 0. The summed E-state index contributed by atoms with van der Waals surface area (Å²) in [6.07, 6.45) is 2.49. The Bertz CT molecular complexity index is 409. The second kappa shape index (κ2) is 4.97. The number of nitrogen functional groups attached to an aromatic ring is 1. The van der Waals surface area contributed by atoms with Gasteiger partial charge in [-0.05, 0) is 12.8 Å². The Hall–Kier alpha value is -1.56. The van der Waals surface area contributed by atoms with E-state index in [4.69, 9.17) is 5.73 Å². The zero-order chi connectivity index (χ0) is 12.4. The number of anilines is 3. The van der Waals surface area contributed by atoms with E-state index >= 15 is 0 Å². The smallest absolute Gasteiger partial charge is 0.223 e. The molecule has 0 unspecified atom stereocenters. The van der Waals surface area contributed by atoms with Crippen molar-refractivity contribution >= 4 is 17.6 Å². The van der Waals surface area contributed by atoms with Crippen LogP contribution >= 0.6 is 0 Å². The van der Waals surface area contributed by atoms with Gasteiger partial charge in [0, 0.05) is 45.3 Å². The third kappa shape index (κ3) is 2.33. The summed E-state index contributed by atoms with van der Waals surface area (Å²) in [6.45, 7) is 6.13. The normalized spacial score (nSPS) is 20.4. The van der Waals surface area contributed by atoms with Crippen LogP contribution in [0.3, 0.4) is 0 Å². The zero-order valence-corrected chi connectivity index (χ0v) is 10.6. The highest BCUT2D eigenvalue weighted by atomic mass is 15.3. The van der Waals surface area contributed by atoms with Crippen LogP contribution in [0.2, 0.25) is 0 Å². The predicted octanol–water partition coefficient (Wildman–Crippen LogP) is 0.0686. The first-order chi connectivity index (χ1) is 8.83. The van der Waals surface area contributed by atoms with E-state index < -0.39 is 0 Å². The first-order valence-corrected chi connectivity index (χ1v) is 6.68. The molecule has 0 bridgehead atoms. The molecule has 0 radical (unpaired) electrons. The first-order valence-electron chi connectivity index (χ1n) is 6.68. The predicted molar refractivity (Wildman–Crippen MR) is 73.0 cm³/mol. The van der Waals surface area contributed by atoms with Crippen molar-refractivity contribution < 1.29 is 0 Å². The Morgan fingerprint density at radius 3 is 2.11 bits per heavy atom. The van der Waals surface area contributed by atoms with E-state index in [1.165, 1.54) is 12.8 Å². The fourth-order valence-electron chi connectivity index (χ4n) is 2.60. The molecule has 18 heavy (non-hydrogen) atoms. The molecule has 3 rings (SSSR count). The van der Waals surface area contributed by atoms with Crippen LogP contribution in [0.4, 0.5) is 17.6 Å². The van der Waals surface area contributed by atoms with Crippen LogP contribution in [0, 0.1) is 0 Å². The number of rotatable bonds is 2. The van der Waals surface area contributed by atoms with E-state index in [0.717, 1.165) is 50.9 Å². The maximum atomic E-state index is 5.84. The van der Waals surface area contributed by atoms with Gasteiger partial charge in [0.2, 0.25) is 5.95 Å². The summed E-state index contributed by atoms with van der Waals surface area (Å²) in [5, 5.41) is 3.34. The van der Waals surface area contributed by atoms with E-state index in [1.807, 2.05) is 0 Å². The van der Waals surface area contributed by atoms with Gasteiger partial charge in [0.1, 0.15) is 11.6 Å². The SMILES string of the molecule is Nc1nc(N2CCCC2)cc(N2CCNCC2)n1. The minimum atomic E-state index is 0.382. The lowest BCUT2D eigenvalue weighted by molar-refractivity contribution is 0.585. The van der Waals surface area contributed by atoms with Gasteiger partial charge in [-0.15, -0.1) is 0 Å². The minimum Gasteiger partial charge on any atom is -0.368 e. The van der Waals surface area contributed by atoms with Gasteiger partial charge >= 0.3 is 0 Å². The molecule has 98 valence electrons. The standard InChI is InChI=1S/C12H20N6/c13-12-15-10(17-5-1-2-6-17)9-11(16-12)18-7-3-14-4-8-18/h9,14H,1-8H2,(H2,13,15,16). The van der Waals surface area contributed by atoms with Crippen molar-refractivity contribution in [3.05, 3.63) is 6.07 Å². The highest BCUT2D eigenvalue weighted by molar-refractivity contribution is 5.54. The summed E-state index contributed by atoms with van der Waals surface area (Å²) >= 11 is 0. The second-order valence-electron chi connectivity index (χ2n) is 4.87. The molecule has 1 aromatic rings. The van der Waals surface area contributed by atoms with Crippen LogP contribution in [-0.4, -0.2) is 49.2 Å². The summed E-state index contributed by atoms with van der Waals surface area (Å²) in [5.74, 6) is 2.33. The Labute approximate surface area is 107 Å². The van der Waals surface area contributed by atoms with Crippen LogP contribution in [0.5, 0.6) is 0 Å². The van der Waals surface area contributed by atoms with Crippen molar-refractivity contribution in [1.29, 1.82) is 0 Å². The van der Waals surface area contributed by atoms with Gasteiger partial charge < -0.3 is 20.9 Å². The topological polar surface area (TPSA) is 70.3 Å². The minimum absolute atomic E-state index is 0.382. The van der Waals surface area contributed by atoms with E-state index in [9.17, 15) is 0 Å². The van der Waals surface area contributed by atoms with Gasteiger partial charge in [-0.1, -0.05) is 0 Å². The molecule has 3 heterocycles. The Morgan fingerprint density at radius 2 is 1.50 bits per heavy atom. The monoisotopic (exact) mass is 248 g/mol. The van der Waals surface area contributed by atoms with Crippen LogP contribution in [0.1, 0.15) is 12.8 Å². The first kappa shape index (κ1) is 11.5. The lowest BCUT2D eigenvalue weighted by Gasteiger charge is -2.29. The summed E-state index contributed by atoms with van der Waals surface area (Å²) in [4.78, 5) is 13.3. The number of nitrogens with zero attached hydrogens (tertiary/aromatic N) is 4. The average molecular weight is 248 g/mol. The molecule has 2 saturated heterocycles.